The third kappa shape index (κ3) is 3.19. The average molecular weight is 226 g/mol. The van der Waals surface area contributed by atoms with E-state index in [2.05, 4.69) is 10.2 Å². The molecule has 1 unspecified atom stereocenters. The molecular weight excluding hydrogens is 204 g/mol. The van der Waals surface area contributed by atoms with Crippen molar-refractivity contribution in [2.75, 3.05) is 26.2 Å². The number of carboxylic acids is 1. The summed E-state index contributed by atoms with van der Waals surface area (Å²) in [5, 5.41) is 12.3. The fraction of sp³-hybridized carbons (Fsp3) is 0.917. The highest BCUT2D eigenvalue weighted by Gasteiger charge is 2.27. The first-order valence-corrected chi connectivity index (χ1v) is 6.43. The Morgan fingerprint density at radius 2 is 2.00 bits per heavy atom. The Morgan fingerprint density at radius 3 is 2.56 bits per heavy atom. The van der Waals surface area contributed by atoms with E-state index in [1.54, 1.807) is 0 Å². The van der Waals surface area contributed by atoms with Gasteiger partial charge in [0.2, 0.25) is 0 Å². The van der Waals surface area contributed by atoms with Crippen molar-refractivity contribution >= 4 is 5.97 Å². The van der Waals surface area contributed by atoms with Crippen LogP contribution >= 0.6 is 0 Å². The topological polar surface area (TPSA) is 52.6 Å². The number of piperidine rings is 2. The number of carboxylic acid groups (broad SMARTS) is 1. The standard InChI is InChI=1S/C12H22N2O2/c15-12(16)9-14-7-4-10(5-8-14)11-3-1-2-6-13-11/h10-11,13H,1-9H2,(H,15,16). The van der Waals surface area contributed by atoms with Crippen molar-refractivity contribution in [3.05, 3.63) is 0 Å². The second-order valence-electron chi connectivity index (χ2n) is 5.06. The van der Waals surface area contributed by atoms with Gasteiger partial charge in [0, 0.05) is 6.04 Å². The van der Waals surface area contributed by atoms with Gasteiger partial charge in [-0.3, -0.25) is 9.69 Å². The molecule has 4 heteroatoms. The van der Waals surface area contributed by atoms with Crippen molar-refractivity contribution in [3.63, 3.8) is 0 Å². The minimum atomic E-state index is -0.700. The zero-order chi connectivity index (χ0) is 11.4. The highest BCUT2D eigenvalue weighted by Crippen LogP contribution is 2.25. The second-order valence-corrected chi connectivity index (χ2v) is 5.06. The molecule has 0 aromatic carbocycles. The Bertz CT molecular complexity index is 231. The van der Waals surface area contributed by atoms with Crippen LogP contribution in [0.3, 0.4) is 0 Å². The molecule has 2 N–H and O–H groups in total. The summed E-state index contributed by atoms with van der Waals surface area (Å²) in [6.07, 6.45) is 6.29. The molecule has 2 rings (SSSR count). The first-order chi connectivity index (χ1) is 7.75. The van der Waals surface area contributed by atoms with Crippen molar-refractivity contribution in [1.82, 2.24) is 10.2 Å². The summed E-state index contributed by atoms with van der Waals surface area (Å²) in [6.45, 7) is 3.29. The Balaban J connectivity index is 1.73. The molecule has 0 radical (unpaired) electrons. The van der Waals surface area contributed by atoms with Gasteiger partial charge in [-0.15, -0.1) is 0 Å². The molecule has 0 saturated carbocycles. The number of likely N-dealkylation sites (tertiary alicyclic amines) is 1. The molecule has 2 fully saturated rings. The Labute approximate surface area is 97.0 Å². The van der Waals surface area contributed by atoms with E-state index in [0.717, 1.165) is 31.8 Å². The number of nitrogens with zero attached hydrogens (tertiary/aromatic N) is 1. The van der Waals surface area contributed by atoms with Gasteiger partial charge in [-0.25, -0.2) is 0 Å². The SMILES string of the molecule is O=C(O)CN1CCC(C2CCCCN2)CC1. The van der Waals surface area contributed by atoms with Crippen molar-refractivity contribution < 1.29 is 9.90 Å². The van der Waals surface area contributed by atoms with Crippen LogP contribution in [-0.2, 0) is 4.79 Å². The van der Waals surface area contributed by atoms with Gasteiger partial charge in [0.05, 0.1) is 6.54 Å². The number of hydrogen-bond acceptors (Lipinski definition) is 3. The monoisotopic (exact) mass is 226 g/mol. The molecule has 0 aromatic rings. The van der Waals surface area contributed by atoms with E-state index in [1.807, 2.05) is 0 Å². The van der Waals surface area contributed by atoms with Gasteiger partial charge >= 0.3 is 5.97 Å². The summed E-state index contributed by atoms with van der Waals surface area (Å²) in [4.78, 5) is 12.7. The van der Waals surface area contributed by atoms with E-state index >= 15 is 0 Å². The molecular formula is C12H22N2O2. The van der Waals surface area contributed by atoms with Crippen molar-refractivity contribution in [2.24, 2.45) is 5.92 Å². The van der Waals surface area contributed by atoms with E-state index < -0.39 is 5.97 Å². The molecule has 2 saturated heterocycles. The highest BCUT2D eigenvalue weighted by molar-refractivity contribution is 5.69. The molecule has 16 heavy (non-hydrogen) atoms. The first-order valence-electron chi connectivity index (χ1n) is 6.43. The molecule has 2 heterocycles. The molecule has 2 aliphatic rings. The number of hydrogen-bond donors (Lipinski definition) is 2. The zero-order valence-corrected chi connectivity index (χ0v) is 9.82. The van der Waals surface area contributed by atoms with Gasteiger partial charge in [-0.05, 0) is 51.2 Å². The smallest absolute Gasteiger partial charge is 0.317 e. The second kappa shape index (κ2) is 5.64. The summed E-state index contributed by atoms with van der Waals surface area (Å²) < 4.78 is 0. The fourth-order valence-corrected chi connectivity index (χ4v) is 2.99. The molecule has 92 valence electrons. The van der Waals surface area contributed by atoms with Crippen molar-refractivity contribution in [2.45, 2.75) is 38.1 Å². The minimum absolute atomic E-state index is 0.213. The molecule has 0 bridgehead atoms. The predicted molar refractivity (Wildman–Crippen MR) is 62.4 cm³/mol. The number of nitrogens with one attached hydrogen (secondary N) is 1. The van der Waals surface area contributed by atoms with Crippen LogP contribution in [0.2, 0.25) is 0 Å². The summed E-state index contributed by atoms with van der Waals surface area (Å²) in [5.41, 5.74) is 0. The van der Waals surface area contributed by atoms with Crippen LogP contribution in [0.5, 0.6) is 0 Å². The molecule has 0 amide bonds. The van der Waals surface area contributed by atoms with E-state index in [0.29, 0.717) is 6.04 Å². The molecule has 0 aromatic heterocycles. The fourth-order valence-electron chi connectivity index (χ4n) is 2.99. The maximum Gasteiger partial charge on any atom is 0.317 e. The van der Waals surface area contributed by atoms with Crippen LogP contribution in [0.15, 0.2) is 0 Å². The first kappa shape index (κ1) is 11.9. The lowest BCUT2D eigenvalue weighted by Crippen LogP contribution is -2.46. The van der Waals surface area contributed by atoms with E-state index in [9.17, 15) is 4.79 Å². The van der Waals surface area contributed by atoms with Crippen molar-refractivity contribution in [3.8, 4) is 0 Å². The van der Waals surface area contributed by atoms with Gasteiger partial charge in [-0.1, -0.05) is 6.42 Å². The van der Waals surface area contributed by atoms with Crippen molar-refractivity contribution in [1.29, 1.82) is 0 Å². The Hall–Kier alpha value is -0.610. The molecule has 0 aliphatic carbocycles. The largest absolute Gasteiger partial charge is 0.480 e. The Morgan fingerprint density at radius 1 is 1.25 bits per heavy atom. The quantitative estimate of drug-likeness (QED) is 0.751. The lowest BCUT2D eigenvalue weighted by Gasteiger charge is -2.37. The van der Waals surface area contributed by atoms with E-state index in [-0.39, 0.29) is 6.54 Å². The van der Waals surface area contributed by atoms with Gasteiger partial charge in [-0.2, -0.15) is 0 Å². The third-order valence-electron chi connectivity index (χ3n) is 3.91. The molecule has 1 atom stereocenters. The van der Waals surface area contributed by atoms with Crippen LogP contribution in [0.4, 0.5) is 0 Å². The van der Waals surface area contributed by atoms with Gasteiger partial charge < -0.3 is 10.4 Å². The molecule has 4 nitrogen and oxygen atoms in total. The van der Waals surface area contributed by atoms with Crippen LogP contribution in [0.1, 0.15) is 32.1 Å². The summed E-state index contributed by atoms with van der Waals surface area (Å²) >= 11 is 0. The maximum absolute atomic E-state index is 10.6. The maximum atomic E-state index is 10.6. The van der Waals surface area contributed by atoms with Crippen LogP contribution in [-0.4, -0.2) is 48.2 Å². The van der Waals surface area contributed by atoms with Crippen LogP contribution in [0, 0.1) is 5.92 Å². The normalized spacial score (nSPS) is 29.1. The van der Waals surface area contributed by atoms with E-state index in [1.165, 1.54) is 25.8 Å². The lowest BCUT2D eigenvalue weighted by atomic mass is 9.85. The van der Waals surface area contributed by atoms with Gasteiger partial charge in [0.25, 0.3) is 0 Å². The predicted octanol–water partition coefficient (Wildman–Crippen LogP) is 0.925. The zero-order valence-electron chi connectivity index (χ0n) is 9.82. The number of rotatable bonds is 3. The highest BCUT2D eigenvalue weighted by atomic mass is 16.4. The third-order valence-corrected chi connectivity index (χ3v) is 3.91. The van der Waals surface area contributed by atoms with E-state index in [4.69, 9.17) is 5.11 Å². The molecule has 0 spiro atoms. The summed E-state index contributed by atoms with van der Waals surface area (Å²) in [6, 6.07) is 0.695. The minimum Gasteiger partial charge on any atom is -0.480 e. The Kier molecular flexibility index (Phi) is 4.18. The van der Waals surface area contributed by atoms with Crippen LogP contribution < -0.4 is 5.32 Å². The number of carbonyl (C=O) groups is 1. The van der Waals surface area contributed by atoms with Gasteiger partial charge in [0.1, 0.15) is 0 Å². The lowest BCUT2D eigenvalue weighted by molar-refractivity contribution is -0.138. The number of aliphatic carboxylic acids is 1. The van der Waals surface area contributed by atoms with Crippen LogP contribution in [0.25, 0.3) is 0 Å². The molecule has 2 aliphatic heterocycles. The summed E-state index contributed by atoms with van der Waals surface area (Å²) in [5.74, 6) is 0.0691. The summed E-state index contributed by atoms with van der Waals surface area (Å²) in [7, 11) is 0. The van der Waals surface area contributed by atoms with Gasteiger partial charge in [0.15, 0.2) is 0 Å². The average Bonchev–Trinajstić information content (AvgIpc) is 2.30.